The SMILES string of the molecule is CCOCC.CNC(N)=S. The van der Waals surface area contributed by atoms with Crippen molar-refractivity contribution in [1.82, 2.24) is 5.32 Å². The van der Waals surface area contributed by atoms with Gasteiger partial charge in [0, 0.05) is 20.3 Å². The molecule has 3 N–H and O–H groups in total. The maximum absolute atomic E-state index is 4.91. The zero-order valence-electron chi connectivity index (χ0n) is 6.81. The van der Waals surface area contributed by atoms with Crippen LogP contribution in [0.15, 0.2) is 0 Å². The van der Waals surface area contributed by atoms with E-state index < -0.39 is 0 Å². The van der Waals surface area contributed by atoms with Gasteiger partial charge in [-0.2, -0.15) is 0 Å². The Bertz CT molecular complexity index is 76.1. The van der Waals surface area contributed by atoms with E-state index in [9.17, 15) is 0 Å². The molecular weight excluding hydrogens is 148 g/mol. The Morgan fingerprint density at radius 2 is 1.80 bits per heavy atom. The van der Waals surface area contributed by atoms with Crippen LogP contribution < -0.4 is 11.1 Å². The molecule has 62 valence electrons. The largest absolute Gasteiger partial charge is 0.382 e. The molecule has 0 rings (SSSR count). The number of rotatable bonds is 2. The minimum absolute atomic E-state index is 0.338. The van der Waals surface area contributed by atoms with Gasteiger partial charge in [-0.25, -0.2) is 0 Å². The molecule has 0 aliphatic carbocycles. The molecule has 0 amide bonds. The van der Waals surface area contributed by atoms with E-state index in [0.29, 0.717) is 5.11 Å². The highest BCUT2D eigenvalue weighted by molar-refractivity contribution is 7.80. The van der Waals surface area contributed by atoms with Gasteiger partial charge in [0.05, 0.1) is 0 Å². The number of thiocarbonyl (C=S) groups is 1. The number of hydrogen-bond donors (Lipinski definition) is 2. The zero-order chi connectivity index (χ0) is 8.41. The van der Waals surface area contributed by atoms with Crippen LogP contribution in [0.5, 0.6) is 0 Å². The molecule has 0 aromatic carbocycles. The van der Waals surface area contributed by atoms with Crippen LogP contribution in [0.1, 0.15) is 13.8 Å². The molecule has 0 aromatic rings. The van der Waals surface area contributed by atoms with E-state index in [4.69, 9.17) is 10.5 Å². The molecule has 0 heterocycles. The molecular formula is C6H16N2OS. The molecule has 4 heteroatoms. The van der Waals surface area contributed by atoms with Gasteiger partial charge in [-0.1, -0.05) is 0 Å². The van der Waals surface area contributed by atoms with Crippen LogP contribution in [-0.2, 0) is 4.74 Å². The maximum atomic E-state index is 4.91. The average molecular weight is 164 g/mol. The van der Waals surface area contributed by atoms with E-state index in [-0.39, 0.29) is 0 Å². The second-order valence-corrected chi connectivity index (χ2v) is 1.84. The highest BCUT2D eigenvalue weighted by Crippen LogP contribution is 1.64. The minimum Gasteiger partial charge on any atom is -0.382 e. The lowest BCUT2D eigenvalue weighted by Crippen LogP contribution is -2.24. The van der Waals surface area contributed by atoms with Gasteiger partial charge in [0.1, 0.15) is 0 Å². The van der Waals surface area contributed by atoms with Gasteiger partial charge in [-0.05, 0) is 26.1 Å². The number of nitrogens with one attached hydrogen (secondary N) is 1. The van der Waals surface area contributed by atoms with Crippen LogP contribution in [0.25, 0.3) is 0 Å². The van der Waals surface area contributed by atoms with Crippen molar-refractivity contribution in [3.05, 3.63) is 0 Å². The predicted octanol–water partition coefficient (Wildman–Crippen LogP) is 0.492. The molecule has 0 unspecified atom stereocenters. The normalized spacial score (nSPS) is 7.50. The lowest BCUT2D eigenvalue weighted by molar-refractivity contribution is 0.162. The number of ether oxygens (including phenoxy) is 1. The number of hydrogen-bond acceptors (Lipinski definition) is 2. The zero-order valence-corrected chi connectivity index (χ0v) is 7.62. The van der Waals surface area contributed by atoms with Crippen molar-refractivity contribution in [1.29, 1.82) is 0 Å². The first-order valence-corrected chi connectivity index (χ1v) is 3.64. The molecule has 0 atom stereocenters. The molecule has 0 aliphatic heterocycles. The molecule has 0 aliphatic rings. The fourth-order valence-corrected chi connectivity index (χ4v) is 0.204. The summed E-state index contributed by atoms with van der Waals surface area (Å²) < 4.78 is 4.83. The van der Waals surface area contributed by atoms with E-state index in [2.05, 4.69) is 17.5 Å². The van der Waals surface area contributed by atoms with Gasteiger partial charge in [0.25, 0.3) is 0 Å². The fourth-order valence-electron chi connectivity index (χ4n) is 0.204. The third-order valence-electron chi connectivity index (χ3n) is 0.655. The molecule has 3 nitrogen and oxygen atoms in total. The summed E-state index contributed by atoms with van der Waals surface area (Å²) >= 11 is 4.36. The van der Waals surface area contributed by atoms with Gasteiger partial charge < -0.3 is 15.8 Å². The standard InChI is InChI=1S/C4H10O.C2H6N2S/c1-3-5-4-2;1-4-2(3)5/h3-4H2,1-2H3;1H3,(H3,3,4,5). The first kappa shape index (κ1) is 12.3. The van der Waals surface area contributed by atoms with E-state index in [1.54, 1.807) is 7.05 Å². The quantitative estimate of drug-likeness (QED) is 0.583. The predicted molar refractivity (Wildman–Crippen MR) is 48.0 cm³/mol. The van der Waals surface area contributed by atoms with Crippen LogP contribution in [0.3, 0.4) is 0 Å². The van der Waals surface area contributed by atoms with Gasteiger partial charge >= 0.3 is 0 Å². The first-order valence-electron chi connectivity index (χ1n) is 3.23. The lowest BCUT2D eigenvalue weighted by Gasteiger charge is -1.86. The van der Waals surface area contributed by atoms with Crippen LogP contribution >= 0.6 is 12.2 Å². The second kappa shape index (κ2) is 11.4. The molecule has 0 saturated carbocycles. The van der Waals surface area contributed by atoms with Crippen LogP contribution in [0.2, 0.25) is 0 Å². The average Bonchev–Trinajstić information content (AvgIpc) is 1.91. The van der Waals surface area contributed by atoms with E-state index >= 15 is 0 Å². The van der Waals surface area contributed by atoms with Crippen molar-refractivity contribution in [3.63, 3.8) is 0 Å². The highest BCUT2D eigenvalue weighted by Gasteiger charge is 1.66. The van der Waals surface area contributed by atoms with Gasteiger partial charge in [-0.15, -0.1) is 0 Å². The summed E-state index contributed by atoms with van der Waals surface area (Å²) in [6, 6.07) is 0. The number of nitrogens with two attached hydrogens (primary N) is 1. The van der Waals surface area contributed by atoms with Crippen molar-refractivity contribution in [2.45, 2.75) is 13.8 Å². The van der Waals surface area contributed by atoms with Crippen molar-refractivity contribution in [2.24, 2.45) is 5.73 Å². The molecule has 0 aromatic heterocycles. The topological polar surface area (TPSA) is 47.3 Å². The molecule has 0 bridgehead atoms. The summed E-state index contributed by atoms with van der Waals surface area (Å²) in [7, 11) is 1.68. The van der Waals surface area contributed by atoms with Crippen molar-refractivity contribution >= 4 is 17.3 Å². The summed E-state index contributed by atoms with van der Waals surface area (Å²) in [4.78, 5) is 0. The van der Waals surface area contributed by atoms with E-state index in [1.807, 2.05) is 13.8 Å². The van der Waals surface area contributed by atoms with Crippen LogP contribution in [-0.4, -0.2) is 25.4 Å². The summed E-state index contributed by atoms with van der Waals surface area (Å²) in [6.07, 6.45) is 0. The van der Waals surface area contributed by atoms with Crippen LogP contribution in [0.4, 0.5) is 0 Å². The maximum Gasteiger partial charge on any atom is 0.163 e. The molecule has 0 fully saturated rings. The summed E-state index contributed by atoms with van der Waals surface area (Å²) in [6.45, 7) is 5.67. The van der Waals surface area contributed by atoms with Crippen LogP contribution in [0, 0.1) is 0 Å². The van der Waals surface area contributed by atoms with Crippen molar-refractivity contribution < 1.29 is 4.74 Å². The summed E-state index contributed by atoms with van der Waals surface area (Å²) in [5, 5.41) is 2.88. The minimum atomic E-state index is 0.338. The van der Waals surface area contributed by atoms with E-state index in [1.165, 1.54) is 0 Å². The lowest BCUT2D eigenvalue weighted by atomic mass is 10.8. The van der Waals surface area contributed by atoms with E-state index in [0.717, 1.165) is 13.2 Å². The first-order chi connectivity index (χ1) is 4.68. The fraction of sp³-hybridized carbons (Fsp3) is 0.833. The summed E-state index contributed by atoms with van der Waals surface area (Å²) in [5.74, 6) is 0. The van der Waals surface area contributed by atoms with Crippen molar-refractivity contribution in [3.8, 4) is 0 Å². The van der Waals surface area contributed by atoms with Crippen molar-refractivity contribution in [2.75, 3.05) is 20.3 Å². The molecule has 0 radical (unpaired) electrons. The Hall–Kier alpha value is -0.350. The Kier molecular flexibility index (Phi) is 14.1. The Morgan fingerprint density at radius 1 is 1.50 bits per heavy atom. The Morgan fingerprint density at radius 3 is 1.80 bits per heavy atom. The molecule has 10 heavy (non-hydrogen) atoms. The third-order valence-corrected chi connectivity index (χ3v) is 0.859. The third kappa shape index (κ3) is 25.4. The molecule has 0 spiro atoms. The summed E-state index contributed by atoms with van der Waals surface area (Å²) in [5.41, 5.74) is 4.91. The highest BCUT2D eigenvalue weighted by atomic mass is 32.1. The van der Waals surface area contributed by atoms with Gasteiger partial charge in [0.2, 0.25) is 0 Å². The second-order valence-electron chi connectivity index (χ2n) is 1.40. The van der Waals surface area contributed by atoms with Gasteiger partial charge in [-0.3, -0.25) is 0 Å². The Balaban J connectivity index is 0. The molecule has 0 saturated heterocycles. The van der Waals surface area contributed by atoms with Gasteiger partial charge in [0.15, 0.2) is 5.11 Å². The Labute approximate surface area is 67.9 Å². The monoisotopic (exact) mass is 164 g/mol. The smallest absolute Gasteiger partial charge is 0.163 e.